The lowest BCUT2D eigenvalue weighted by Gasteiger charge is -2.08. The van der Waals surface area contributed by atoms with Crippen LogP contribution in [0.4, 0.5) is 0 Å². The van der Waals surface area contributed by atoms with E-state index in [1.54, 1.807) is 7.11 Å². The van der Waals surface area contributed by atoms with Crippen molar-refractivity contribution in [2.45, 2.75) is 0 Å². The third-order valence-electron chi connectivity index (χ3n) is 3.81. The monoisotopic (exact) mass is 313 g/mol. The molecule has 116 valence electrons. The van der Waals surface area contributed by atoms with Gasteiger partial charge in [0.15, 0.2) is 5.82 Å². The maximum atomic E-state index is 5.43. The van der Waals surface area contributed by atoms with Crippen molar-refractivity contribution in [3.8, 4) is 28.7 Å². The van der Waals surface area contributed by atoms with E-state index in [1.165, 1.54) is 0 Å². The molecule has 0 radical (unpaired) electrons. The van der Waals surface area contributed by atoms with Crippen LogP contribution in [-0.2, 0) is 0 Å². The fourth-order valence-corrected chi connectivity index (χ4v) is 2.65. The molecular formula is C20H15N3O. The van der Waals surface area contributed by atoms with E-state index in [0.717, 1.165) is 27.9 Å². The van der Waals surface area contributed by atoms with Crippen LogP contribution in [-0.4, -0.2) is 22.1 Å². The minimum Gasteiger partial charge on any atom is -0.480 e. The van der Waals surface area contributed by atoms with Crippen molar-refractivity contribution >= 4 is 10.9 Å². The van der Waals surface area contributed by atoms with Gasteiger partial charge in [-0.15, -0.1) is 0 Å². The van der Waals surface area contributed by atoms with E-state index in [2.05, 4.69) is 9.97 Å². The minimum absolute atomic E-state index is 0.558. The van der Waals surface area contributed by atoms with Gasteiger partial charge in [0, 0.05) is 5.56 Å². The van der Waals surface area contributed by atoms with Gasteiger partial charge in [-0.25, -0.2) is 9.97 Å². The topological polar surface area (TPSA) is 47.9 Å². The second-order valence-corrected chi connectivity index (χ2v) is 5.35. The number of benzene rings is 2. The molecule has 4 aromatic rings. The second kappa shape index (κ2) is 6.08. The molecule has 4 nitrogen and oxygen atoms in total. The molecule has 0 unspecified atom stereocenters. The number of methoxy groups -OCH3 is 1. The number of nitrogens with zero attached hydrogens (tertiary/aromatic N) is 3. The molecule has 0 aliphatic heterocycles. The number of pyridine rings is 1. The van der Waals surface area contributed by atoms with E-state index in [4.69, 9.17) is 9.72 Å². The summed E-state index contributed by atoms with van der Waals surface area (Å²) in [6.07, 6.45) is 0. The summed E-state index contributed by atoms with van der Waals surface area (Å²) in [5, 5.41) is 0.892. The number of rotatable bonds is 3. The zero-order valence-electron chi connectivity index (χ0n) is 13.2. The van der Waals surface area contributed by atoms with E-state index in [1.807, 2.05) is 72.8 Å². The van der Waals surface area contributed by atoms with E-state index >= 15 is 0 Å². The third kappa shape index (κ3) is 2.58. The summed E-state index contributed by atoms with van der Waals surface area (Å²) in [5.74, 6) is 1.12. The molecule has 4 rings (SSSR count). The van der Waals surface area contributed by atoms with Crippen molar-refractivity contribution in [1.82, 2.24) is 15.0 Å². The first kappa shape index (κ1) is 14.3. The molecular weight excluding hydrogens is 298 g/mol. The van der Waals surface area contributed by atoms with Gasteiger partial charge in [-0.3, -0.25) is 0 Å². The largest absolute Gasteiger partial charge is 0.480 e. The molecule has 24 heavy (non-hydrogen) atoms. The van der Waals surface area contributed by atoms with Crippen molar-refractivity contribution in [3.63, 3.8) is 0 Å². The average molecular weight is 313 g/mol. The zero-order chi connectivity index (χ0) is 16.4. The lowest BCUT2D eigenvalue weighted by Crippen LogP contribution is -1.97. The zero-order valence-corrected chi connectivity index (χ0v) is 13.2. The van der Waals surface area contributed by atoms with Gasteiger partial charge in [0.05, 0.1) is 23.7 Å². The van der Waals surface area contributed by atoms with Crippen LogP contribution >= 0.6 is 0 Å². The standard InChI is InChI=1S/C20H15N3O/c1-24-20-15-10-5-6-11-17(15)22-19(23-20)18-13-7-12-16(21-18)14-8-3-2-4-9-14/h2-13H,1H3. The Morgan fingerprint density at radius 3 is 2.25 bits per heavy atom. The van der Waals surface area contributed by atoms with Crippen molar-refractivity contribution in [2.24, 2.45) is 0 Å². The third-order valence-corrected chi connectivity index (χ3v) is 3.81. The molecule has 4 heteroatoms. The number of para-hydroxylation sites is 1. The van der Waals surface area contributed by atoms with Crippen molar-refractivity contribution in [3.05, 3.63) is 72.8 Å². The van der Waals surface area contributed by atoms with Crippen LogP contribution in [0.15, 0.2) is 72.8 Å². The Balaban J connectivity index is 1.86. The highest BCUT2D eigenvalue weighted by Crippen LogP contribution is 2.26. The quantitative estimate of drug-likeness (QED) is 0.563. The van der Waals surface area contributed by atoms with E-state index in [-0.39, 0.29) is 0 Å². The predicted molar refractivity (Wildman–Crippen MR) is 94.8 cm³/mol. The SMILES string of the molecule is COc1nc(-c2cccc(-c3ccccc3)n2)nc2ccccc12. The molecule has 0 bridgehead atoms. The van der Waals surface area contributed by atoms with Crippen molar-refractivity contribution in [2.75, 3.05) is 7.11 Å². The molecule has 0 aliphatic rings. The van der Waals surface area contributed by atoms with E-state index in [0.29, 0.717) is 11.7 Å². The molecule has 0 fully saturated rings. The predicted octanol–water partition coefficient (Wildman–Crippen LogP) is 4.37. The minimum atomic E-state index is 0.558. The normalized spacial score (nSPS) is 10.7. The van der Waals surface area contributed by atoms with Gasteiger partial charge in [-0.1, -0.05) is 48.5 Å². The first-order chi connectivity index (χ1) is 11.8. The summed E-state index contributed by atoms with van der Waals surface area (Å²) >= 11 is 0. The fraction of sp³-hybridized carbons (Fsp3) is 0.0500. The maximum Gasteiger partial charge on any atom is 0.224 e. The van der Waals surface area contributed by atoms with E-state index < -0.39 is 0 Å². The van der Waals surface area contributed by atoms with Crippen LogP contribution in [0.2, 0.25) is 0 Å². The Morgan fingerprint density at radius 1 is 0.667 bits per heavy atom. The van der Waals surface area contributed by atoms with Crippen LogP contribution in [0, 0.1) is 0 Å². The highest BCUT2D eigenvalue weighted by Gasteiger charge is 2.11. The Morgan fingerprint density at radius 2 is 1.42 bits per heavy atom. The molecule has 2 aromatic heterocycles. The first-order valence-electron chi connectivity index (χ1n) is 7.69. The molecule has 2 aromatic carbocycles. The Bertz CT molecular complexity index is 1000. The van der Waals surface area contributed by atoms with Gasteiger partial charge >= 0.3 is 0 Å². The summed E-state index contributed by atoms with van der Waals surface area (Å²) in [5.41, 5.74) is 3.52. The van der Waals surface area contributed by atoms with Crippen molar-refractivity contribution in [1.29, 1.82) is 0 Å². The second-order valence-electron chi connectivity index (χ2n) is 5.35. The van der Waals surface area contributed by atoms with Crippen LogP contribution < -0.4 is 4.74 Å². The number of hydrogen-bond acceptors (Lipinski definition) is 4. The molecule has 2 heterocycles. The Hall–Kier alpha value is -3.27. The number of aromatic nitrogens is 3. The highest BCUT2D eigenvalue weighted by atomic mass is 16.5. The van der Waals surface area contributed by atoms with Crippen LogP contribution in [0.25, 0.3) is 33.7 Å². The molecule has 0 N–H and O–H groups in total. The molecule has 0 saturated carbocycles. The van der Waals surface area contributed by atoms with Crippen LogP contribution in [0.3, 0.4) is 0 Å². The molecule has 0 spiro atoms. The van der Waals surface area contributed by atoms with Gasteiger partial charge in [0.1, 0.15) is 5.69 Å². The van der Waals surface area contributed by atoms with Gasteiger partial charge in [0.25, 0.3) is 0 Å². The molecule has 0 amide bonds. The van der Waals surface area contributed by atoms with Gasteiger partial charge in [0.2, 0.25) is 5.88 Å². The van der Waals surface area contributed by atoms with Gasteiger partial charge in [-0.05, 0) is 24.3 Å². The highest BCUT2D eigenvalue weighted by molar-refractivity contribution is 5.85. The summed E-state index contributed by atoms with van der Waals surface area (Å²) < 4.78 is 5.43. The molecule has 0 aliphatic carbocycles. The van der Waals surface area contributed by atoms with Crippen LogP contribution in [0.1, 0.15) is 0 Å². The summed E-state index contributed by atoms with van der Waals surface area (Å²) in [7, 11) is 1.62. The smallest absolute Gasteiger partial charge is 0.224 e. The number of ether oxygens (including phenoxy) is 1. The average Bonchev–Trinajstić information content (AvgIpc) is 2.68. The summed E-state index contributed by atoms with van der Waals surface area (Å²) in [4.78, 5) is 13.9. The van der Waals surface area contributed by atoms with Crippen molar-refractivity contribution < 1.29 is 4.74 Å². The maximum absolute atomic E-state index is 5.43. The van der Waals surface area contributed by atoms with Crippen LogP contribution in [0.5, 0.6) is 5.88 Å². The van der Waals surface area contributed by atoms with Gasteiger partial charge < -0.3 is 4.74 Å². The summed E-state index contributed by atoms with van der Waals surface area (Å²) in [6.45, 7) is 0. The first-order valence-corrected chi connectivity index (χ1v) is 7.69. The van der Waals surface area contributed by atoms with E-state index in [9.17, 15) is 0 Å². The number of fused-ring (bicyclic) bond motifs is 1. The van der Waals surface area contributed by atoms with Gasteiger partial charge in [-0.2, -0.15) is 4.98 Å². The summed E-state index contributed by atoms with van der Waals surface area (Å²) in [6, 6.07) is 23.7. The Labute approximate surface area is 139 Å². The molecule has 0 saturated heterocycles. The lowest BCUT2D eigenvalue weighted by atomic mass is 10.1. The Kier molecular flexibility index (Phi) is 3.63. The lowest BCUT2D eigenvalue weighted by molar-refractivity contribution is 0.403. The molecule has 0 atom stereocenters. The number of hydrogen-bond donors (Lipinski definition) is 0. The fourth-order valence-electron chi connectivity index (χ4n) is 2.65.